The zero-order valence-electron chi connectivity index (χ0n) is 12.8. The quantitative estimate of drug-likeness (QED) is 0.896. The molecule has 0 bridgehead atoms. The Bertz CT molecular complexity index is 782. The highest BCUT2D eigenvalue weighted by Crippen LogP contribution is 2.27. The van der Waals surface area contributed by atoms with Gasteiger partial charge in [-0.2, -0.15) is 5.10 Å². The normalized spacial score (nSPS) is 15.5. The fraction of sp³-hybridized carbons (Fsp3) is 0.312. The molecule has 0 saturated carbocycles. The third-order valence-corrected chi connectivity index (χ3v) is 4.24. The van der Waals surface area contributed by atoms with Crippen molar-refractivity contribution in [3.8, 4) is 0 Å². The molecule has 1 aromatic heterocycles. The smallest absolute Gasteiger partial charge is 0.269 e. The molecule has 2 aromatic rings. The summed E-state index contributed by atoms with van der Waals surface area (Å²) in [6.45, 7) is 0.959. The summed E-state index contributed by atoms with van der Waals surface area (Å²) >= 11 is 0. The number of amides is 2. The molecule has 1 aliphatic rings. The predicted molar refractivity (Wildman–Crippen MR) is 81.3 cm³/mol. The number of halogens is 2. The zero-order chi connectivity index (χ0) is 17.3. The number of nitrogens with two attached hydrogens (primary N) is 1. The van der Waals surface area contributed by atoms with Crippen LogP contribution in [0.1, 0.15) is 45.3 Å². The molecule has 3 N–H and O–H groups in total. The van der Waals surface area contributed by atoms with Crippen LogP contribution >= 0.6 is 0 Å². The maximum atomic E-state index is 13.3. The number of likely N-dealkylation sites (tertiary alicyclic amines) is 1. The number of nitrogens with zero attached hydrogens (tertiary/aromatic N) is 2. The first-order valence-electron chi connectivity index (χ1n) is 7.55. The summed E-state index contributed by atoms with van der Waals surface area (Å²) in [6.07, 6.45) is 1.35. The third kappa shape index (κ3) is 3.12. The number of primary amides is 1. The molecule has 1 aliphatic heterocycles. The van der Waals surface area contributed by atoms with E-state index in [0.29, 0.717) is 25.9 Å². The van der Waals surface area contributed by atoms with Crippen molar-refractivity contribution in [2.75, 3.05) is 13.1 Å². The number of aromatic nitrogens is 2. The van der Waals surface area contributed by atoms with Gasteiger partial charge in [-0.3, -0.25) is 14.7 Å². The van der Waals surface area contributed by atoms with Crippen molar-refractivity contribution in [3.05, 3.63) is 52.9 Å². The second kappa shape index (κ2) is 6.38. The number of carbonyl (C=O) groups is 2. The Morgan fingerprint density at radius 3 is 2.46 bits per heavy atom. The van der Waals surface area contributed by atoms with Crippen LogP contribution in [0, 0.1) is 11.6 Å². The Morgan fingerprint density at radius 2 is 1.88 bits per heavy atom. The van der Waals surface area contributed by atoms with Crippen molar-refractivity contribution in [1.29, 1.82) is 0 Å². The number of carbonyl (C=O) groups excluding carboxylic acids is 2. The lowest BCUT2D eigenvalue weighted by atomic mass is 9.93. The largest absolute Gasteiger partial charge is 0.364 e. The number of H-pyrrole nitrogens is 1. The molecule has 8 heteroatoms. The van der Waals surface area contributed by atoms with E-state index in [4.69, 9.17) is 5.73 Å². The minimum Gasteiger partial charge on any atom is -0.364 e. The molecule has 1 saturated heterocycles. The highest BCUT2D eigenvalue weighted by molar-refractivity contribution is 5.94. The zero-order valence-corrected chi connectivity index (χ0v) is 12.8. The van der Waals surface area contributed by atoms with Gasteiger partial charge in [0.05, 0.1) is 0 Å². The van der Waals surface area contributed by atoms with Gasteiger partial charge in [0.2, 0.25) is 0 Å². The van der Waals surface area contributed by atoms with Crippen LogP contribution in [-0.4, -0.2) is 40.0 Å². The summed E-state index contributed by atoms with van der Waals surface area (Å²) in [7, 11) is 0. The molecular weight excluding hydrogens is 318 g/mol. The summed E-state index contributed by atoms with van der Waals surface area (Å²) in [4.78, 5) is 25.0. The minimum absolute atomic E-state index is 0.130. The first kappa shape index (κ1) is 16.1. The van der Waals surface area contributed by atoms with E-state index in [1.165, 1.54) is 6.07 Å². The van der Waals surface area contributed by atoms with Gasteiger partial charge in [0.25, 0.3) is 11.8 Å². The molecule has 6 nitrogen and oxygen atoms in total. The van der Waals surface area contributed by atoms with Crippen LogP contribution in [0.25, 0.3) is 0 Å². The van der Waals surface area contributed by atoms with Gasteiger partial charge in [-0.1, -0.05) is 0 Å². The van der Waals surface area contributed by atoms with Crippen molar-refractivity contribution in [2.24, 2.45) is 5.73 Å². The number of hydrogen-bond acceptors (Lipinski definition) is 3. The van der Waals surface area contributed by atoms with Crippen molar-refractivity contribution < 1.29 is 18.4 Å². The van der Waals surface area contributed by atoms with Crippen LogP contribution < -0.4 is 5.73 Å². The van der Waals surface area contributed by atoms with Gasteiger partial charge < -0.3 is 10.6 Å². The Labute approximate surface area is 136 Å². The first-order valence-corrected chi connectivity index (χ1v) is 7.55. The molecule has 0 aliphatic carbocycles. The SMILES string of the molecule is NC(=O)c1cc(C2CCN(C(=O)c3ccc(F)c(F)c3)CC2)[nH]n1. The lowest BCUT2D eigenvalue weighted by Gasteiger charge is -2.31. The van der Waals surface area contributed by atoms with Crippen molar-refractivity contribution in [3.63, 3.8) is 0 Å². The van der Waals surface area contributed by atoms with Crippen molar-refractivity contribution >= 4 is 11.8 Å². The van der Waals surface area contributed by atoms with Crippen LogP contribution in [0.2, 0.25) is 0 Å². The van der Waals surface area contributed by atoms with Gasteiger partial charge in [0, 0.05) is 30.3 Å². The summed E-state index contributed by atoms with van der Waals surface area (Å²) in [6, 6.07) is 4.77. The molecule has 2 amide bonds. The van der Waals surface area contributed by atoms with E-state index in [2.05, 4.69) is 10.2 Å². The Kier molecular flexibility index (Phi) is 4.28. The molecule has 0 unspecified atom stereocenters. The monoisotopic (exact) mass is 334 g/mol. The number of rotatable bonds is 3. The number of aromatic amines is 1. The van der Waals surface area contributed by atoms with E-state index in [0.717, 1.165) is 17.8 Å². The number of benzene rings is 1. The standard InChI is InChI=1S/C16H16F2N4O2/c17-11-2-1-10(7-12(11)18)16(24)22-5-3-9(4-6-22)13-8-14(15(19)23)21-20-13/h1-2,7-9H,3-6H2,(H2,19,23)(H,20,21). The second-order valence-corrected chi connectivity index (χ2v) is 5.77. The van der Waals surface area contributed by atoms with E-state index < -0.39 is 17.5 Å². The summed E-state index contributed by atoms with van der Waals surface area (Å²) in [5.41, 5.74) is 6.30. The average molecular weight is 334 g/mol. The highest BCUT2D eigenvalue weighted by atomic mass is 19.2. The van der Waals surface area contributed by atoms with Crippen LogP contribution in [0.15, 0.2) is 24.3 Å². The summed E-state index contributed by atoms with van der Waals surface area (Å²) < 4.78 is 26.2. The maximum Gasteiger partial charge on any atom is 0.269 e. The molecular formula is C16H16F2N4O2. The first-order chi connectivity index (χ1) is 11.5. The van der Waals surface area contributed by atoms with Crippen LogP contribution in [0.4, 0.5) is 8.78 Å². The topological polar surface area (TPSA) is 92.1 Å². The van der Waals surface area contributed by atoms with Gasteiger partial charge in [0.1, 0.15) is 5.69 Å². The van der Waals surface area contributed by atoms with Crippen molar-refractivity contribution in [2.45, 2.75) is 18.8 Å². The maximum absolute atomic E-state index is 13.3. The molecule has 0 radical (unpaired) electrons. The van der Waals surface area contributed by atoms with E-state index in [1.807, 2.05) is 0 Å². The van der Waals surface area contributed by atoms with Gasteiger partial charge in [-0.05, 0) is 37.1 Å². The number of piperidine rings is 1. The minimum atomic E-state index is -1.04. The Morgan fingerprint density at radius 1 is 1.17 bits per heavy atom. The molecule has 24 heavy (non-hydrogen) atoms. The molecule has 0 spiro atoms. The van der Waals surface area contributed by atoms with E-state index in [-0.39, 0.29) is 23.1 Å². The van der Waals surface area contributed by atoms with Gasteiger partial charge in [-0.25, -0.2) is 8.78 Å². The molecule has 3 rings (SSSR count). The molecule has 0 atom stereocenters. The summed E-state index contributed by atoms with van der Waals surface area (Å²) in [5.74, 6) is -2.79. The number of nitrogens with one attached hydrogen (secondary N) is 1. The second-order valence-electron chi connectivity index (χ2n) is 5.77. The Hall–Kier alpha value is -2.77. The van der Waals surface area contributed by atoms with Crippen molar-refractivity contribution in [1.82, 2.24) is 15.1 Å². The van der Waals surface area contributed by atoms with Crippen LogP contribution in [0.5, 0.6) is 0 Å². The average Bonchev–Trinajstić information content (AvgIpc) is 3.07. The lowest BCUT2D eigenvalue weighted by Crippen LogP contribution is -2.38. The number of hydrogen-bond donors (Lipinski definition) is 2. The molecule has 1 fully saturated rings. The van der Waals surface area contributed by atoms with Crippen LogP contribution in [-0.2, 0) is 0 Å². The highest BCUT2D eigenvalue weighted by Gasteiger charge is 2.26. The van der Waals surface area contributed by atoms with E-state index >= 15 is 0 Å². The lowest BCUT2D eigenvalue weighted by molar-refractivity contribution is 0.0711. The fourth-order valence-electron chi connectivity index (χ4n) is 2.88. The van der Waals surface area contributed by atoms with Gasteiger partial charge in [-0.15, -0.1) is 0 Å². The Balaban J connectivity index is 1.64. The predicted octanol–water partition coefficient (Wildman–Crippen LogP) is 1.81. The third-order valence-electron chi connectivity index (χ3n) is 4.24. The van der Waals surface area contributed by atoms with Crippen LogP contribution in [0.3, 0.4) is 0 Å². The molecule has 1 aromatic carbocycles. The van der Waals surface area contributed by atoms with E-state index in [1.54, 1.807) is 11.0 Å². The molecule has 2 heterocycles. The van der Waals surface area contributed by atoms with Gasteiger partial charge >= 0.3 is 0 Å². The molecule has 126 valence electrons. The fourth-order valence-corrected chi connectivity index (χ4v) is 2.88. The summed E-state index contributed by atoms with van der Waals surface area (Å²) in [5, 5.41) is 6.65. The van der Waals surface area contributed by atoms with E-state index in [9.17, 15) is 18.4 Å². The van der Waals surface area contributed by atoms with Gasteiger partial charge in [0.15, 0.2) is 11.6 Å².